The molecular formula is C25H27N5O2S2. The Morgan fingerprint density at radius 1 is 1.21 bits per heavy atom. The van der Waals surface area contributed by atoms with Gasteiger partial charge in [-0.1, -0.05) is 6.07 Å². The fourth-order valence-electron chi connectivity index (χ4n) is 4.39. The van der Waals surface area contributed by atoms with Crippen LogP contribution in [0.5, 0.6) is 0 Å². The zero-order valence-corrected chi connectivity index (χ0v) is 20.8. The lowest BCUT2D eigenvalue weighted by Crippen LogP contribution is -2.47. The van der Waals surface area contributed by atoms with Gasteiger partial charge < -0.3 is 14.7 Å². The van der Waals surface area contributed by atoms with Gasteiger partial charge in [0.25, 0.3) is 5.91 Å². The second-order valence-corrected chi connectivity index (χ2v) is 10.6. The Labute approximate surface area is 206 Å². The Balaban J connectivity index is 1.17. The predicted molar refractivity (Wildman–Crippen MR) is 137 cm³/mol. The number of fused-ring (bicyclic) bond motifs is 1. The molecule has 4 aromatic rings. The summed E-state index contributed by atoms with van der Waals surface area (Å²) in [6.45, 7) is 5.02. The van der Waals surface area contributed by atoms with Crippen LogP contribution in [0, 0.1) is 13.8 Å². The number of rotatable bonds is 6. The van der Waals surface area contributed by atoms with Gasteiger partial charge in [0.1, 0.15) is 0 Å². The zero-order chi connectivity index (χ0) is 23.7. The monoisotopic (exact) mass is 493 g/mol. The minimum absolute atomic E-state index is 0.00386. The van der Waals surface area contributed by atoms with Crippen molar-refractivity contribution in [2.45, 2.75) is 43.6 Å². The molecule has 0 aliphatic carbocycles. The second-order valence-electron chi connectivity index (χ2n) is 8.84. The Morgan fingerprint density at radius 3 is 2.68 bits per heavy atom. The van der Waals surface area contributed by atoms with E-state index in [2.05, 4.69) is 26.0 Å². The van der Waals surface area contributed by atoms with E-state index in [1.807, 2.05) is 60.7 Å². The third kappa shape index (κ3) is 4.68. The summed E-state index contributed by atoms with van der Waals surface area (Å²) in [5, 5.41) is 18.3. The minimum atomic E-state index is -0.804. The molecule has 1 amide bonds. The smallest absolute Gasteiger partial charge is 0.253 e. The van der Waals surface area contributed by atoms with Gasteiger partial charge >= 0.3 is 0 Å². The third-order valence-corrected chi connectivity index (χ3v) is 8.18. The Morgan fingerprint density at radius 2 is 1.97 bits per heavy atom. The molecule has 2 aromatic carbocycles. The van der Waals surface area contributed by atoms with Gasteiger partial charge in [0.2, 0.25) is 0 Å². The number of nitrogens with one attached hydrogen (secondary N) is 2. The highest BCUT2D eigenvalue weighted by Crippen LogP contribution is 2.31. The second kappa shape index (κ2) is 9.40. The first kappa shape index (κ1) is 22.9. The molecular weight excluding hydrogens is 466 g/mol. The van der Waals surface area contributed by atoms with E-state index in [4.69, 9.17) is 0 Å². The summed E-state index contributed by atoms with van der Waals surface area (Å²) in [6, 6.07) is 13.7. The molecule has 3 N–H and O–H groups in total. The van der Waals surface area contributed by atoms with E-state index < -0.39 is 5.60 Å². The number of aromatic amines is 1. The van der Waals surface area contributed by atoms with E-state index in [1.54, 1.807) is 11.3 Å². The molecule has 0 spiro atoms. The maximum absolute atomic E-state index is 13.0. The van der Waals surface area contributed by atoms with Crippen LogP contribution in [0.3, 0.4) is 0 Å². The van der Waals surface area contributed by atoms with Crippen LogP contribution < -0.4 is 4.72 Å². The summed E-state index contributed by atoms with van der Waals surface area (Å²) in [7, 11) is 0. The van der Waals surface area contributed by atoms with Crippen LogP contribution in [-0.2, 0) is 6.42 Å². The van der Waals surface area contributed by atoms with Crippen molar-refractivity contribution in [2.75, 3.05) is 17.8 Å². The highest BCUT2D eigenvalue weighted by molar-refractivity contribution is 8.00. The largest absolute Gasteiger partial charge is 0.389 e. The molecule has 0 unspecified atom stereocenters. The normalized spacial score (nSPS) is 15.6. The molecule has 1 aliphatic heterocycles. The molecule has 2 aromatic heterocycles. The van der Waals surface area contributed by atoms with Crippen LogP contribution in [0.1, 0.15) is 40.2 Å². The molecule has 3 heterocycles. The van der Waals surface area contributed by atoms with E-state index in [1.165, 1.54) is 11.9 Å². The van der Waals surface area contributed by atoms with Crippen LogP contribution in [0.4, 0.5) is 5.69 Å². The molecule has 1 saturated heterocycles. The Hall–Kier alpha value is -2.88. The summed E-state index contributed by atoms with van der Waals surface area (Å²) in [4.78, 5) is 20.4. The number of anilines is 1. The van der Waals surface area contributed by atoms with Gasteiger partial charge in [-0.15, -0.1) is 11.3 Å². The number of likely N-dealkylation sites (tertiary alicyclic amines) is 1. The number of aliphatic hydroxyl groups is 1. The highest BCUT2D eigenvalue weighted by Gasteiger charge is 2.35. The van der Waals surface area contributed by atoms with Crippen LogP contribution in [0.15, 0.2) is 52.9 Å². The number of carbonyl (C=O) groups excluding carboxylic acids is 1. The van der Waals surface area contributed by atoms with Crippen molar-refractivity contribution in [3.8, 4) is 0 Å². The molecule has 34 heavy (non-hydrogen) atoms. The van der Waals surface area contributed by atoms with E-state index in [0.29, 0.717) is 37.9 Å². The molecule has 9 heteroatoms. The van der Waals surface area contributed by atoms with E-state index in [0.717, 1.165) is 37.8 Å². The van der Waals surface area contributed by atoms with Crippen molar-refractivity contribution in [2.24, 2.45) is 0 Å². The average Bonchev–Trinajstić information content (AvgIpc) is 3.45. The van der Waals surface area contributed by atoms with Gasteiger partial charge in [-0.3, -0.25) is 9.89 Å². The summed E-state index contributed by atoms with van der Waals surface area (Å²) in [6.07, 6.45) is 1.68. The molecule has 0 atom stereocenters. The van der Waals surface area contributed by atoms with Gasteiger partial charge in [-0.05, 0) is 80.6 Å². The van der Waals surface area contributed by atoms with Crippen molar-refractivity contribution in [1.29, 1.82) is 0 Å². The SMILES string of the molecule is Cc1n[nH]c(C)c1CC1(O)CCN(C(=O)c2ccc(NSc3cccc4scnc34)cc2)CC1. The lowest BCUT2D eigenvalue weighted by atomic mass is 9.84. The van der Waals surface area contributed by atoms with Crippen LogP contribution in [0.2, 0.25) is 0 Å². The molecule has 5 rings (SSSR count). The summed E-state index contributed by atoms with van der Waals surface area (Å²) in [5.74, 6) is 0.00386. The maximum Gasteiger partial charge on any atom is 0.253 e. The number of nitrogens with zero attached hydrogens (tertiary/aromatic N) is 3. The maximum atomic E-state index is 13.0. The number of carbonyl (C=O) groups is 1. The van der Waals surface area contributed by atoms with Crippen molar-refractivity contribution < 1.29 is 9.90 Å². The fourth-order valence-corrected chi connectivity index (χ4v) is 5.92. The lowest BCUT2D eigenvalue weighted by Gasteiger charge is -2.38. The fraction of sp³-hybridized carbons (Fsp3) is 0.320. The molecule has 1 fully saturated rings. The van der Waals surface area contributed by atoms with Gasteiger partial charge in [-0.2, -0.15) is 5.10 Å². The van der Waals surface area contributed by atoms with Crippen LogP contribution >= 0.6 is 23.3 Å². The average molecular weight is 494 g/mol. The molecule has 1 aliphatic rings. The topological polar surface area (TPSA) is 94.1 Å². The number of aromatic nitrogens is 3. The highest BCUT2D eigenvalue weighted by atomic mass is 32.2. The standard InChI is InChI=1S/C25H27N5O2S2/c1-16-20(17(2)28-27-16)14-25(32)10-12-30(13-11-25)24(31)18-6-8-19(9-7-18)29-34-22-5-3-4-21-23(22)26-15-33-21/h3-9,15,29,32H,10-14H2,1-2H3,(H,27,28). The van der Waals surface area contributed by atoms with Gasteiger partial charge in [0, 0.05) is 36.5 Å². The third-order valence-electron chi connectivity index (χ3n) is 6.50. The minimum Gasteiger partial charge on any atom is -0.389 e. The van der Waals surface area contributed by atoms with E-state index >= 15 is 0 Å². The van der Waals surface area contributed by atoms with Gasteiger partial charge in [0.15, 0.2) is 0 Å². The van der Waals surface area contributed by atoms with Crippen LogP contribution in [0.25, 0.3) is 10.2 Å². The molecule has 0 saturated carbocycles. The van der Waals surface area contributed by atoms with E-state index in [-0.39, 0.29) is 5.91 Å². The summed E-state index contributed by atoms with van der Waals surface area (Å²) >= 11 is 3.15. The molecule has 176 valence electrons. The van der Waals surface area contributed by atoms with Crippen molar-refractivity contribution in [3.05, 3.63) is 70.5 Å². The number of piperidine rings is 1. The molecule has 0 radical (unpaired) electrons. The first-order chi connectivity index (χ1) is 16.4. The van der Waals surface area contributed by atoms with Crippen molar-refractivity contribution >= 4 is 45.1 Å². The number of hydrogen-bond donors (Lipinski definition) is 3. The number of hydrogen-bond acceptors (Lipinski definition) is 7. The summed E-state index contributed by atoms with van der Waals surface area (Å²) in [5.41, 5.74) is 6.64. The first-order valence-electron chi connectivity index (χ1n) is 11.3. The number of benzene rings is 2. The van der Waals surface area contributed by atoms with Crippen molar-refractivity contribution in [3.63, 3.8) is 0 Å². The van der Waals surface area contributed by atoms with Gasteiger partial charge in [0.05, 0.1) is 31.9 Å². The lowest BCUT2D eigenvalue weighted by molar-refractivity contribution is -0.0164. The zero-order valence-electron chi connectivity index (χ0n) is 19.2. The number of thiazole rings is 1. The number of amides is 1. The number of H-pyrrole nitrogens is 1. The van der Waals surface area contributed by atoms with Crippen LogP contribution in [-0.4, -0.2) is 49.8 Å². The van der Waals surface area contributed by atoms with Crippen molar-refractivity contribution in [1.82, 2.24) is 20.1 Å². The first-order valence-corrected chi connectivity index (χ1v) is 13.0. The Bertz CT molecular complexity index is 1290. The quantitative estimate of drug-likeness (QED) is 0.329. The number of aryl methyl sites for hydroxylation is 2. The predicted octanol–water partition coefficient (Wildman–Crippen LogP) is 4.97. The van der Waals surface area contributed by atoms with Gasteiger partial charge in [-0.25, -0.2) is 4.98 Å². The summed E-state index contributed by atoms with van der Waals surface area (Å²) < 4.78 is 4.51. The number of para-hydroxylation sites is 1. The molecule has 7 nitrogen and oxygen atoms in total. The van der Waals surface area contributed by atoms with E-state index in [9.17, 15) is 9.90 Å². The molecule has 0 bridgehead atoms. The Kier molecular flexibility index (Phi) is 6.33.